The summed E-state index contributed by atoms with van der Waals surface area (Å²) in [5.41, 5.74) is 2.63. The summed E-state index contributed by atoms with van der Waals surface area (Å²) < 4.78 is 7.61. The van der Waals surface area contributed by atoms with Crippen molar-refractivity contribution < 1.29 is 14.3 Å². The van der Waals surface area contributed by atoms with E-state index in [0.717, 1.165) is 49.8 Å². The average Bonchev–Trinajstić information content (AvgIpc) is 3.44. The van der Waals surface area contributed by atoms with Crippen LogP contribution in [0.25, 0.3) is 0 Å². The van der Waals surface area contributed by atoms with Gasteiger partial charge in [-0.2, -0.15) is 5.10 Å². The number of ketones is 1. The van der Waals surface area contributed by atoms with E-state index in [1.165, 1.54) is 0 Å². The van der Waals surface area contributed by atoms with Crippen molar-refractivity contribution in [3.8, 4) is 0 Å². The molecule has 0 N–H and O–H groups in total. The second kappa shape index (κ2) is 7.67. The molecule has 27 heavy (non-hydrogen) atoms. The Morgan fingerprint density at radius 1 is 1.07 bits per heavy atom. The number of hydrogen-bond acceptors (Lipinski definition) is 4. The molecule has 0 unspecified atom stereocenters. The van der Waals surface area contributed by atoms with Gasteiger partial charge >= 0.3 is 5.97 Å². The molecule has 0 saturated heterocycles. The molecule has 0 spiro atoms. The molecular formula is C22H26N2O3. The highest BCUT2D eigenvalue weighted by Crippen LogP contribution is 2.44. The summed E-state index contributed by atoms with van der Waals surface area (Å²) in [5.74, 6) is 0.611. The molecule has 2 aromatic rings. The van der Waals surface area contributed by atoms with E-state index in [2.05, 4.69) is 9.78 Å². The fourth-order valence-electron chi connectivity index (χ4n) is 4.11. The minimum absolute atomic E-state index is 0.191. The van der Waals surface area contributed by atoms with Crippen molar-refractivity contribution in [3.05, 3.63) is 53.3 Å². The molecular weight excluding hydrogens is 340 g/mol. The van der Waals surface area contributed by atoms with Gasteiger partial charge < -0.3 is 4.74 Å². The number of esters is 1. The van der Waals surface area contributed by atoms with Gasteiger partial charge in [-0.3, -0.25) is 9.48 Å². The molecule has 142 valence electrons. The number of nitrogens with zero attached hydrogens (tertiary/aromatic N) is 2. The predicted octanol–water partition coefficient (Wildman–Crippen LogP) is 4.44. The van der Waals surface area contributed by atoms with Crippen LogP contribution in [0.5, 0.6) is 0 Å². The number of rotatable bonds is 6. The molecule has 0 radical (unpaired) electrons. The Hall–Kier alpha value is -2.43. The van der Waals surface area contributed by atoms with E-state index in [1.807, 2.05) is 30.3 Å². The van der Waals surface area contributed by atoms with Gasteiger partial charge in [0.1, 0.15) is 18.0 Å². The Balaban J connectivity index is 1.48. The second-order valence-electron chi connectivity index (χ2n) is 7.84. The van der Waals surface area contributed by atoms with Gasteiger partial charge in [0.05, 0.1) is 17.9 Å². The molecule has 4 rings (SSSR count). The standard InChI is InChI=1S/C22H26N2O3/c1-15(25)17-9-11-19(12-10-17)24-21(18-7-8-18)20(13-23-24)22(26)27-14-16-5-3-2-4-6-16/h2-6,13,17-19H,7-12,14H2,1H3. The van der Waals surface area contributed by atoms with Gasteiger partial charge in [0.15, 0.2) is 0 Å². The van der Waals surface area contributed by atoms with E-state index in [-0.39, 0.29) is 24.5 Å². The Kier molecular flexibility index (Phi) is 5.10. The minimum atomic E-state index is -0.288. The number of aromatic nitrogens is 2. The molecule has 5 nitrogen and oxygen atoms in total. The third kappa shape index (κ3) is 3.97. The van der Waals surface area contributed by atoms with Crippen LogP contribution in [0.1, 0.15) is 79.0 Å². The molecule has 2 aliphatic rings. The van der Waals surface area contributed by atoms with Crippen LogP contribution in [-0.2, 0) is 16.1 Å². The summed E-state index contributed by atoms with van der Waals surface area (Å²) in [5, 5.41) is 4.58. The molecule has 2 saturated carbocycles. The Labute approximate surface area is 159 Å². The first-order valence-corrected chi connectivity index (χ1v) is 9.92. The summed E-state index contributed by atoms with van der Waals surface area (Å²) in [6.45, 7) is 1.97. The Bertz CT molecular complexity index is 815. The van der Waals surface area contributed by atoms with Crippen LogP contribution < -0.4 is 0 Å². The molecule has 5 heteroatoms. The van der Waals surface area contributed by atoms with Crippen molar-refractivity contribution in [1.82, 2.24) is 9.78 Å². The lowest BCUT2D eigenvalue weighted by Crippen LogP contribution is -2.24. The highest BCUT2D eigenvalue weighted by molar-refractivity contribution is 5.90. The topological polar surface area (TPSA) is 61.2 Å². The first-order valence-electron chi connectivity index (χ1n) is 9.92. The molecule has 0 atom stereocenters. The van der Waals surface area contributed by atoms with Crippen LogP contribution in [-0.4, -0.2) is 21.5 Å². The summed E-state index contributed by atoms with van der Waals surface area (Å²) in [6.07, 6.45) is 7.61. The molecule has 1 aromatic carbocycles. The molecule has 1 aromatic heterocycles. The average molecular weight is 366 g/mol. The fraction of sp³-hybridized carbons (Fsp3) is 0.500. The van der Waals surface area contributed by atoms with Gasteiger partial charge in [0, 0.05) is 11.8 Å². The van der Waals surface area contributed by atoms with Gasteiger partial charge in [0.2, 0.25) is 0 Å². The van der Waals surface area contributed by atoms with Gasteiger partial charge in [-0.05, 0) is 51.0 Å². The van der Waals surface area contributed by atoms with Crippen LogP contribution in [0.15, 0.2) is 36.5 Å². The van der Waals surface area contributed by atoms with E-state index in [4.69, 9.17) is 4.74 Å². The van der Waals surface area contributed by atoms with Crippen LogP contribution >= 0.6 is 0 Å². The highest BCUT2D eigenvalue weighted by Gasteiger charge is 2.36. The normalized spacial score (nSPS) is 22.4. The zero-order valence-corrected chi connectivity index (χ0v) is 15.8. The lowest BCUT2D eigenvalue weighted by atomic mass is 9.84. The van der Waals surface area contributed by atoms with E-state index in [1.54, 1.807) is 13.1 Å². The van der Waals surface area contributed by atoms with E-state index >= 15 is 0 Å². The number of carbonyl (C=O) groups excluding carboxylic acids is 2. The Morgan fingerprint density at radius 3 is 2.41 bits per heavy atom. The van der Waals surface area contributed by atoms with Crippen LogP contribution in [0.3, 0.4) is 0 Å². The minimum Gasteiger partial charge on any atom is -0.457 e. The molecule has 0 amide bonds. The Morgan fingerprint density at radius 2 is 1.78 bits per heavy atom. The quantitative estimate of drug-likeness (QED) is 0.709. The molecule has 2 fully saturated rings. The highest BCUT2D eigenvalue weighted by atomic mass is 16.5. The zero-order chi connectivity index (χ0) is 18.8. The number of ether oxygens (including phenoxy) is 1. The summed E-state index contributed by atoms with van der Waals surface area (Å²) >= 11 is 0. The summed E-state index contributed by atoms with van der Waals surface area (Å²) in [6, 6.07) is 10.0. The van der Waals surface area contributed by atoms with Crippen molar-refractivity contribution in [2.75, 3.05) is 0 Å². The van der Waals surface area contributed by atoms with E-state index in [0.29, 0.717) is 17.3 Å². The van der Waals surface area contributed by atoms with E-state index < -0.39 is 0 Å². The van der Waals surface area contributed by atoms with Gasteiger partial charge in [0.25, 0.3) is 0 Å². The second-order valence-corrected chi connectivity index (χ2v) is 7.84. The lowest BCUT2D eigenvalue weighted by molar-refractivity contribution is -0.121. The smallest absolute Gasteiger partial charge is 0.341 e. The molecule has 0 aliphatic heterocycles. The van der Waals surface area contributed by atoms with Crippen LogP contribution in [0.2, 0.25) is 0 Å². The molecule has 1 heterocycles. The van der Waals surface area contributed by atoms with Crippen molar-refractivity contribution in [2.24, 2.45) is 5.92 Å². The summed E-state index contributed by atoms with van der Waals surface area (Å²) in [7, 11) is 0. The number of hydrogen-bond donors (Lipinski definition) is 0. The van der Waals surface area contributed by atoms with Crippen LogP contribution in [0, 0.1) is 5.92 Å². The van der Waals surface area contributed by atoms with Crippen molar-refractivity contribution >= 4 is 11.8 Å². The SMILES string of the molecule is CC(=O)C1CCC(n2ncc(C(=O)OCc3ccccc3)c2C2CC2)CC1. The predicted molar refractivity (Wildman–Crippen MR) is 101 cm³/mol. The van der Waals surface area contributed by atoms with Gasteiger partial charge in [-0.25, -0.2) is 4.79 Å². The maximum absolute atomic E-state index is 12.7. The van der Waals surface area contributed by atoms with E-state index in [9.17, 15) is 9.59 Å². The first kappa shape index (κ1) is 18.0. The zero-order valence-electron chi connectivity index (χ0n) is 15.8. The maximum atomic E-state index is 12.7. The number of carbonyl (C=O) groups is 2. The third-order valence-electron chi connectivity index (χ3n) is 5.85. The van der Waals surface area contributed by atoms with Crippen molar-refractivity contribution in [1.29, 1.82) is 0 Å². The molecule has 0 bridgehead atoms. The third-order valence-corrected chi connectivity index (χ3v) is 5.85. The number of benzene rings is 1. The van der Waals surface area contributed by atoms with Crippen molar-refractivity contribution in [2.45, 2.75) is 64.0 Å². The van der Waals surface area contributed by atoms with Crippen molar-refractivity contribution in [3.63, 3.8) is 0 Å². The number of Topliss-reactive ketones (excluding diaryl/α,β-unsaturated/α-hetero) is 1. The molecule has 2 aliphatic carbocycles. The van der Waals surface area contributed by atoms with Crippen LogP contribution in [0.4, 0.5) is 0 Å². The monoisotopic (exact) mass is 366 g/mol. The fourth-order valence-corrected chi connectivity index (χ4v) is 4.11. The summed E-state index contributed by atoms with van der Waals surface area (Å²) in [4.78, 5) is 24.3. The lowest BCUT2D eigenvalue weighted by Gasteiger charge is -2.28. The van der Waals surface area contributed by atoms with Gasteiger partial charge in [-0.1, -0.05) is 30.3 Å². The maximum Gasteiger partial charge on any atom is 0.341 e. The van der Waals surface area contributed by atoms with Gasteiger partial charge in [-0.15, -0.1) is 0 Å². The first-order chi connectivity index (χ1) is 13.1. The largest absolute Gasteiger partial charge is 0.457 e.